The van der Waals surface area contributed by atoms with Gasteiger partial charge in [0.25, 0.3) is 0 Å². The van der Waals surface area contributed by atoms with Crippen molar-refractivity contribution in [2.45, 2.75) is 0 Å². The molecule has 0 atom stereocenters. The van der Waals surface area contributed by atoms with Crippen molar-refractivity contribution >= 4 is 11.0 Å². The number of aromatic amines is 1. The molecule has 0 saturated heterocycles. The van der Waals surface area contributed by atoms with E-state index in [1.807, 2.05) is 30.3 Å². The Labute approximate surface area is 167 Å². The van der Waals surface area contributed by atoms with Crippen LogP contribution in [0.5, 0.6) is 17.2 Å². The first-order chi connectivity index (χ1) is 14.2. The van der Waals surface area contributed by atoms with E-state index in [4.69, 9.17) is 19.5 Å². The molecular formula is C22H18N4O3. The normalized spacial score (nSPS) is 10.6. The predicted molar refractivity (Wildman–Crippen MR) is 109 cm³/mol. The summed E-state index contributed by atoms with van der Waals surface area (Å²) in [6, 6.07) is 15.2. The van der Waals surface area contributed by atoms with Crippen LogP contribution in [0.4, 0.5) is 0 Å². The molecule has 0 bridgehead atoms. The molecule has 2 heterocycles. The van der Waals surface area contributed by atoms with E-state index < -0.39 is 0 Å². The van der Waals surface area contributed by atoms with Gasteiger partial charge in [0.1, 0.15) is 0 Å². The maximum atomic E-state index is 9.06. The van der Waals surface area contributed by atoms with Gasteiger partial charge in [-0.3, -0.25) is 5.10 Å². The largest absolute Gasteiger partial charge is 0.493 e. The maximum absolute atomic E-state index is 9.06. The van der Waals surface area contributed by atoms with Crippen molar-refractivity contribution in [2.24, 2.45) is 0 Å². The zero-order chi connectivity index (χ0) is 20.4. The lowest BCUT2D eigenvalue weighted by atomic mass is 9.98. The Bertz CT molecular complexity index is 1200. The SMILES string of the molecule is COc1cc(-c2[nH]nc3nccc(-c4ccc(C#N)cc4)c23)cc(OC)c1OC. The van der Waals surface area contributed by atoms with E-state index in [2.05, 4.69) is 21.3 Å². The molecule has 4 rings (SSSR count). The number of rotatable bonds is 5. The summed E-state index contributed by atoms with van der Waals surface area (Å²) in [6.07, 6.45) is 1.72. The first-order valence-corrected chi connectivity index (χ1v) is 8.84. The average Bonchev–Trinajstić information content (AvgIpc) is 3.22. The Kier molecular flexibility index (Phi) is 4.75. The average molecular weight is 386 g/mol. The number of pyridine rings is 1. The monoisotopic (exact) mass is 386 g/mol. The van der Waals surface area contributed by atoms with Gasteiger partial charge < -0.3 is 14.2 Å². The quantitative estimate of drug-likeness (QED) is 0.553. The molecule has 1 N–H and O–H groups in total. The van der Waals surface area contributed by atoms with E-state index >= 15 is 0 Å². The van der Waals surface area contributed by atoms with Crippen LogP contribution < -0.4 is 14.2 Å². The number of ether oxygens (including phenoxy) is 3. The molecule has 7 nitrogen and oxygen atoms in total. The first-order valence-electron chi connectivity index (χ1n) is 8.84. The fourth-order valence-corrected chi connectivity index (χ4v) is 3.35. The summed E-state index contributed by atoms with van der Waals surface area (Å²) in [5.41, 5.74) is 4.73. The standard InChI is InChI=1S/C22H18N4O3/c1-27-17-10-15(11-18(28-2)21(17)29-3)20-19-16(8-9-24-22(19)26-25-20)14-6-4-13(12-23)5-7-14/h4-11H,1-3H3,(H,24,25,26). The molecular weight excluding hydrogens is 368 g/mol. The molecule has 144 valence electrons. The lowest BCUT2D eigenvalue weighted by molar-refractivity contribution is 0.324. The van der Waals surface area contributed by atoms with Crippen LogP contribution in [0.3, 0.4) is 0 Å². The number of fused-ring (bicyclic) bond motifs is 1. The van der Waals surface area contributed by atoms with Crippen LogP contribution >= 0.6 is 0 Å². The number of methoxy groups -OCH3 is 3. The van der Waals surface area contributed by atoms with Crippen LogP contribution in [0, 0.1) is 11.3 Å². The van der Waals surface area contributed by atoms with Crippen molar-refractivity contribution in [1.29, 1.82) is 5.26 Å². The minimum absolute atomic E-state index is 0.521. The van der Waals surface area contributed by atoms with Crippen molar-refractivity contribution in [1.82, 2.24) is 15.2 Å². The minimum Gasteiger partial charge on any atom is -0.493 e. The van der Waals surface area contributed by atoms with Gasteiger partial charge in [0.2, 0.25) is 5.75 Å². The molecule has 0 radical (unpaired) electrons. The van der Waals surface area contributed by atoms with Crippen molar-refractivity contribution < 1.29 is 14.2 Å². The predicted octanol–water partition coefficient (Wildman–Crippen LogP) is 4.19. The maximum Gasteiger partial charge on any atom is 0.203 e. The molecule has 0 aliphatic heterocycles. The van der Waals surface area contributed by atoms with Crippen LogP contribution in [-0.4, -0.2) is 36.5 Å². The van der Waals surface area contributed by atoms with Crippen LogP contribution in [0.1, 0.15) is 5.56 Å². The van der Waals surface area contributed by atoms with Crippen LogP contribution in [0.25, 0.3) is 33.4 Å². The Morgan fingerprint density at radius 2 is 1.59 bits per heavy atom. The molecule has 4 aromatic rings. The van der Waals surface area contributed by atoms with E-state index in [9.17, 15) is 0 Å². The molecule has 0 fully saturated rings. The van der Waals surface area contributed by atoms with Gasteiger partial charge >= 0.3 is 0 Å². The highest BCUT2D eigenvalue weighted by Crippen LogP contribution is 2.43. The fraction of sp³-hybridized carbons (Fsp3) is 0.136. The number of hydrogen-bond donors (Lipinski definition) is 1. The van der Waals surface area contributed by atoms with Gasteiger partial charge in [-0.15, -0.1) is 0 Å². The summed E-state index contributed by atoms with van der Waals surface area (Å²) in [4.78, 5) is 4.38. The van der Waals surface area contributed by atoms with Gasteiger partial charge in [0.05, 0.1) is 44.0 Å². The Morgan fingerprint density at radius 3 is 2.17 bits per heavy atom. The van der Waals surface area contributed by atoms with Crippen LogP contribution in [0.15, 0.2) is 48.7 Å². The van der Waals surface area contributed by atoms with Crippen molar-refractivity contribution in [2.75, 3.05) is 21.3 Å². The van der Waals surface area contributed by atoms with Gasteiger partial charge in [0, 0.05) is 11.8 Å². The van der Waals surface area contributed by atoms with E-state index in [-0.39, 0.29) is 0 Å². The highest BCUT2D eigenvalue weighted by Gasteiger charge is 2.19. The second kappa shape index (κ2) is 7.52. The highest BCUT2D eigenvalue weighted by atomic mass is 16.5. The number of hydrogen-bond acceptors (Lipinski definition) is 6. The summed E-state index contributed by atoms with van der Waals surface area (Å²) in [5, 5.41) is 17.4. The topological polar surface area (TPSA) is 93.1 Å². The molecule has 2 aromatic heterocycles. The third kappa shape index (κ3) is 3.11. The van der Waals surface area contributed by atoms with Gasteiger partial charge in [-0.2, -0.15) is 10.4 Å². The summed E-state index contributed by atoms with van der Waals surface area (Å²) in [6.45, 7) is 0. The molecule has 29 heavy (non-hydrogen) atoms. The Hall–Kier alpha value is -4.05. The summed E-state index contributed by atoms with van der Waals surface area (Å²) >= 11 is 0. The van der Waals surface area contributed by atoms with E-state index in [1.165, 1.54) is 0 Å². The van der Waals surface area contributed by atoms with Crippen LogP contribution in [0.2, 0.25) is 0 Å². The van der Waals surface area contributed by atoms with Gasteiger partial charge in [-0.05, 0) is 41.5 Å². The van der Waals surface area contributed by atoms with E-state index in [1.54, 1.807) is 39.7 Å². The highest BCUT2D eigenvalue weighted by molar-refractivity contribution is 6.02. The Balaban J connectivity index is 1.95. The number of nitrogens with one attached hydrogen (secondary N) is 1. The first kappa shape index (κ1) is 18.3. The van der Waals surface area contributed by atoms with E-state index in [0.29, 0.717) is 28.5 Å². The molecule has 0 amide bonds. The van der Waals surface area contributed by atoms with E-state index in [0.717, 1.165) is 27.8 Å². The van der Waals surface area contributed by atoms with Gasteiger partial charge in [-0.25, -0.2) is 4.98 Å². The summed E-state index contributed by atoms with van der Waals surface area (Å²) in [7, 11) is 4.73. The third-order valence-corrected chi connectivity index (χ3v) is 4.73. The fourth-order valence-electron chi connectivity index (χ4n) is 3.35. The molecule has 0 unspecified atom stereocenters. The smallest absolute Gasteiger partial charge is 0.203 e. The number of H-pyrrole nitrogens is 1. The van der Waals surface area contributed by atoms with Crippen molar-refractivity contribution in [3.8, 4) is 45.7 Å². The molecule has 2 aromatic carbocycles. The number of nitriles is 1. The molecule has 0 aliphatic carbocycles. The third-order valence-electron chi connectivity index (χ3n) is 4.73. The zero-order valence-corrected chi connectivity index (χ0v) is 16.2. The van der Waals surface area contributed by atoms with Crippen LogP contribution in [-0.2, 0) is 0 Å². The molecule has 0 spiro atoms. The van der Waals surface area contributed by atoms with Crippen molar-refractivity contribution in [3.05, 3.63) is 54.2 Å². The minimum atomic E-state index is 0.521. The number of nitrogens with zero attached hydrogens (tertiary/aromatic N) is 3. The second-order valence-electron chi connectivity index (χ2n) is 6.26. The van der Waals surface area contributed by atoms with Crippen molar-refractivity contribution in [3.63, 3.8) is 0 Å². The number of aromatic nitrogens is 3. The Morgan fingerprint density at radius 1 is 0.897 bits per heavy atom. The van der Waals surface area contributed by atoms with Gasteiger partial charge in [0.15, 0.2) is 17.1 Å². The summed E-state index contributed by atoms with van der Waals surface area (Å²) < 4.78 is 16.4. The molecule has 0 aliphatic rings. The number of benzene rings is 2. The second-order valence-corrected chi connectivity index (χ2v) is 6.26. The molecule has 7 heteroatoms. The lowest BCUT2D eigenvalue weighted by Gasteiger charge is -2.14. The lowest BCUT2D eigenvalue weighted by Crippen LogP contribution is -1.96. The summed E-state index contributed by atoms with van der Waals surface area (Å²) in [5.74, 6) is 1.62. The zero-order valence-electron chi connectivity index (χ0n) is 16.2. The van der Waals surface area contributed by atoms with Gasteiger partial charge in [-0.1, -0.05) is 12.1 Å². The molecule has 0 saturated carbocycles.